The Bertz CT molecular complexity index is 557. The fourth-order valence-corrected chi connectivity index (χ4v) is 2.51. The highest BCUT2D eigenvalue weighted by Crippen LogP contribution is 2.40. The Morgan fingerprint density at radius 3 is 2.30 bits per heavy atom. The lowest BCUT2D eigenvalue weighted by Crippen LogP contribution is -2.50. The second-order valence-corrected chi connectivity index (χ2v) is 7.36. The van der Waals surface area contributed by atoms with Crippen LogP contribution in [0, 0.1) is 12.8 Å². The molecule has 0 saturated heterocycles. The molecular formula is C18H27N3O2. The van der Waals surface area contributed by atoms with Gasteiger partial charge in [0.1, 0.15) is 0 Å². The predicted octanol–water partition coefficient (Wildman–Crippen LogP) is 2.66. The summed E-state index contributed by atoms with van der Waals surface area (Å²) < 4.78 is 0. The van der Waals surface area contributed by atoms with E-state index in [1.807, 2.05) is 20.8 Å². The van der Waals surface area contributed by atoms with Crippen molar-refractivity contribution in [3.63, 3.8) is 0 Å². The average molecular weight is 317 g/mol. The molecule has 0 aliphatic heterocycles. The van der Waals surface area contributed by atoms with Crippen molar-refractivity contribution in [3.05, 3.63) is 35.4 Å². The highest BCUT2D eigenvalue weighted by molar-refractivity contribution is 5.95. The fraction of sp³-hybridized carbons (Fsp3) is 0.556. The van der Waals surface area contributed by atoms with Gasteiger partial charge in [0, 0.05) is 11.6 Å². The largest absolute Gasteiger partial charge is 0.333 e. The quantitative estimate of drug-likeness (QED) is 0.782. The minimum absolute atomic E-state index is 0.132. The Kier molecular flexibility index (Phi) is 5.42. The molecule has 2 rings (SSSR count). The minimum Gasteiger partial charge on any atom is -0.333 e. The summed E-state index contributed by atoms with van der Waals surface area (Å²) in [5.41, 5.74) is 2.06. The fourth-order valence-electron chi connectivity index (χ4n) is 2.51. The lowest BCUT2D eigenvalue weighted by Gasteiger charge is -2.21. The maximum Gasteiger partial charge on any atom is 0.321 e. The average Bonchev–Trinajstić information content (AvgIpc) is 3.23. The number of benzene rings is 1. The maximum absolute atomic E-state index is 11.9. The van der Waals surface area contributed by atoms with Crippen LogP contribution in [0.1, 0.15) is 50.8 Å². The van der Waals surface area contributed by atoms with Gasteiger partial charge in [-0.1, -0.05) is 29.8 Å². The number of amides is 3. The van der Waals surface area contributed by atoms with Crippen LogP contribution in [0.15, 0.2) is 24.3 Å². The van der Waals surface area contributed by atoms with Gasteiger partial charge < -0.3 is 10.6 Å². The summed E-state index contributed by atoms with van der Waals surface area (Å²) in [5.74, 6) is 0.262. The molecule has 1 aliphatic carbocycles. The van der Waals surface area contributed by atoms with Crippen molar-refractivity contribution < 1.29 is 9.59 Å². The van der Waals surface area contributed by atoms with E-state index in [0.29, 0.717) is 5.92 Å². The molecule has 0 unspecified atom stereocenters. The number of aryl methyl sites for hydroxylation is 1. The number of urea groups is 1. The predicted molar refractivity (Wildman–Crippen MR) is 91.1 cm³/mol. The van der Waals surface area contributed by atoms with Gasteiger partial charge in [-0.2, -0.15) is 0 Å². The van der Waals surface area contributed by atoms with E-state index < -0.39 is 6.03 Å². The molecule has 0 bridgehead atoms. The van der Waals surface area contributed by atoms with Crippen LogP contribution in [0.2, 0.25) is 0 Å². The molecule has 3 amide bonds. The third-order valence-corrected chi connectivity index (χ3v) is 3.75. The van der Waals surface area contributed by atoms with E-state index in [1.54, 1.807) is 0 Å². The molecule has 1 atom stereocenters. The second-order valence-electron chi connectivity index (χ2n) is 7.36. The zero-order valence-corrected chi connectivity index (χ0v) is 14.4. The normalized spacial score (nSPS) is 15.8. The van der Waals surface area contributed by atoms with E-state index in [9.17, 15) is 9.59 Å². The monoisotopic (exact) mass is 317 g/mol. The lowest BCUT2D eigenvalue weighted by atomic mass is 10.0. The SMILES string of the molecule is Cc1ccc([C@@H](NCC(=O)NC(=O)NC(C)(C)C)C2CC2)cc1. The molecule has 1 aromatic carbocycles. The molecule has 5 nitrogen and oxygen atoms in total. The van der Waals surface area contributed by atoms with E-state index in [4.69, 9.17) is 0 Å². The number of carbonyl (C=O) groups is 2. The number of nitrogens with one attached hydrogen (secondary N) is 3. The standard InChI is InChI=1S/C18H27N3O2/c1-12-5-7-13(8-6-12)16(14-9-10-14)19-11-15(22)20-17(23)21-18(2,3)4/h5-8,14,16,19H,9-11H2,1-4H3,(H2,20,21,22,23)/t16-/m1/s1. The van der Waals surface area contributed by atoms with E-state index in [2.05, 4.69) is 47.1 Å². The zero-order valence-electron chi connectivity index (χ0n) is 14.4. The van der Waals surface area contributed by atoms with Gasteiger partial charge >= 0.3 is 6.03 Å². The summed E-state index contributed by atoms with van der Waals surface area (Å²) in [6, 6.07) is 8.10. The maximum atomic E-state index is 11.9. The van der Waals surface area contributed by atoms with Crippen LogP contribution < -0.4 is 16.0 Å². The highest BCUT2D eigenvalue weighted by Gasteiger charge is 2.32. The molecule has 0 spiro atoms. The van der Waals surface area contributed by atoms with E-state index in [0.717, 1.165) is 0 Å². The van der Waals surface area contributed by atoms with Crippen molar-refractivity contribution in [2.24, 2.45) is 5.92 Å². The number of imide groups is 1. The van der Waals surface area contributed by atoms with Crippen LogP contribution in [-0.4, -0.2) is 24.0 Å². The van der Waals surface area contributed by atoms with Gasteiger partial charge in [0.2, 0.25) is 5.91 Å². The molecule has 126 valence electrons. The van der Waals surface area contributed by atoms with Crippen LogP contribution in [0.3, 0.4) is 0 Å². The molecule has 1 saturated carbocycles. The van der Waals surface area contributed by atoms with Crippen molar-refractivity contribution in [1.82, 2.24) is 16.0 Å². The Labute approximate surface area is 138 Å². The minimum atomic E-state index is -0.456. The molecule has 1 aromatic rings. The van der Waals surface area contributed by atoms with Crippen molar-refractivity contribution >= 4 is 11.9 Å². The highest BCUT2D eigenvalue weighted by atomic mass is 16.2. The summed E-state index contributed by atoms with van der Waals surface area (Å²) >= 11 is 0. The Morgan fingerprint density at radius 2 is 1.78 bits per heavy atom. The smallest absolute Gasteiger partial charge is 0.321 e. The van der Waals surface area contributed by atoms with Gasteiger partial charge in [-0.3, -0.25) is 10.1 Å². The number of carbonyl (C=O) groups excluding carboxylic acids is 2. The molecule has 0 aromatic heterocycles. The third kappa shape index (κ3) is 6.02. The van der Waals surface area contributed by atoms with Crippen LogP contribution in [-0.2, 0) is 4.79 Å². The first kappa shape index (κ1) is 17.5. The van der Waals surface area contributed by atoms with Crippen LogP contribution in [0.5, 0.6) is 0 Å². The first-order chi connectivity index (χ1) is 10.7. The summed E-state index contributed by atoms with van der Waals surface area (Å²) in [6.45, 7) is 7.80. The third-order valence-electron chi connectivity index (χ3n) is 3.75. The second kappa shape index (κ2) is 7.13. The first-order valence-electron chi connectivity index (χ1n) is 8.16. The van der Waals surface area contributed by atoms with Crippen molar-refractivity contribution in [3.8, 4) is 0 Å². The lowest BCUT2D eigenvalue weighted by molar-refractivity contribution is -0.119. The van der Waals surface area contributed by atoms with Crippen LogP contribution >= 0.6 is 0 Å². The molecule has 1 aliphatic rings. The van der Waals surface area contributed by atoms with Gasteiger partial charge in [0.15, 0.2) is 0 Å². The Morgan fingerprint density at radius 1 is 1.17 bits per heavy atom. The summed E-state index contributed by atoms with van der Waals surface area (Å²) in [6.07, 6.45) is 2.36. The van der Waals surface area contributed by atoms with Crippen LogP contribution in [0.4, 0.5) is 4.79 Å². The van der Waals surface area contributed by atoms with Crippen molar-refractivity contribution in [2.75, 3.05) is 6.54 Å². The molecule has 3 N–H and O–H groups in total. The zero-order chi connectivity index (χ0) is 17.0. The number of rotatable bonds is 5. The van der Waals surface area contributed by atoms with Gasteiger partial charge in [-0.15, -0.1) is 0 Å². The van der Waals surface area contributed by atoms with Crippen molar-refractivity contribution in [1.29, 1.82) is 0 Å². The van der Waals surface area contributed by atoms with E-state index in [1.165, 1.54) is 24.0 Å². The topological polar surface area (TPSA) is 70.2 Å². The molecule has 0 radical (unpaired) electrons. The Balaban J connectivity index is 1.86. The first-order valence-corrected chi connectivity index (χ1v) is 8.16. The van der Waals surface area contributed by atoms with Gasteiger partial charge in [-0.05, 0) is 52.0 Å². The van der Waals surface area contributed by atoms with Crippen molar-refractivity contribution in [2.45, 2.75) is 52.1 Å². The van der Waals surface area contributed by atoms with Gasteiger partial charge in [-0.25, -0.2) is 4.79 Å². The van der Waals surface area contributed by atoms with E-state index in [-0.39, 0.29) is 24.0 Å². The van der Waals surface area contributed by atoms with Gasteiger partial charge in [0.05, 0.1) is 6.54 Å². The summed E-state index contributed by atoms with van der Waals surface area (Å²) in [4.78, 5) is 23.6. The van der Waals surface area contributed by atoms with Crippen LogP contribution in [0.25, 0.3) is 0 Å². The summed E-state index contributed by atoms with van der Waals surface area (Å²) in [7, 11) is 0. The molecule has 5 heteroatoms. The number of hydrogen-bond acceptors (Lipinski definition) is 3. The van der Waals surface area contributed by atoms with E-state index >= 15 is 0 Å². The Hall–Kier alpha value is -1.88. The molecular weight excluding hydrogens is 290 g/mol. The summed E-state index contributed by atoms with van der Waals surface area (Å²) in [5, 5.41) is 8.37. The molecule has 1 fully saturated rings. The molecule has 0 heterocycles. The van der Waals surface area contributed by atoms with Gasteiger partial charge in [0.25, 0.3) is 0 Å². The number of hydrogen-bond donors (Lipinski definition) is 3. The molecule has 23 heavy (non-hydrogen) atoms.